The Labute approximate surface area is 300 Å². The second-order valence-corrected chi connectivity index (χ2v) is 18.6. The first kappa shape index (κ1) is 36.8. The topological polar surface area (TPSA) is 161 Å². The number of aryl methyl sites for hydroxylation is 1. The molecule has 1 saturated heterocycles. The largest absolute Gasteiger partial charge is 0.472 e. The lowest BCUT2D eigenvalue weighted by Crippen LogP contribution is -2.57. The summed E-state index contributed by atoms with van der Waals surface area (Å²) < 4.78 is 39.8. The van der Waals surface area contributed by atoms with Crippen LogP contribution in [0.5, 0.6) is 5.88 Å². The zero-order valence-electron chi connectivity index (χ0n) is 30.2. The number of sulfonamides is 1. The molecule has 0 spiro atoms. The van der Waals surface area contributed by atoms with Crippen molar-refractivity contribution in [3.05, 3.63) is 48.7 Å². The van der Waals surface area contributed by atoms with Crippen LogP contribution in [0.15, 0.2) is 43.1 Å². The van der Waals surface area contributed by atoms with Gasteiger partial charge in [-0.2, -0.15) is 0 Å². The van der Waals surface area contributed by atoms with Crippen molar-refractivity contribution in [2.24, 2.45) is 22.7 Å². The van der Waals surface area contributed by atoms with E-state index in [2.05, 4.69) is 47.6 Å². The number of benzene rings is 1. The fourth-order valence-electron chi connectivity index (χ4n) is 7.30. The summed E-state index contributed by atoms with van der Waals surface area (Å²) in [6.07, 6.45) is 6.07. The van der Waals surface area contributed by atoms with Gasteiger partial charge in [0.1, 0.15) is 17.7 Å². The lowest BCUT2D eigenvalue weighted by atomic mass is 9.77. The summed E-state index contributed by atoms with van der Waals surface area (Å²) in [5.74, 6) is -3.27. The normalized spacial score (nSPS) is 28.6. The molecule has 4 bridgehead atoms. The van der Waals surface area contributed by atoms with Gasteiger partial charge in [0.15, 0.2) is 0 Å². The third-order valence-corrected chi connectivity index (χ3v) is 12.6. The number of nitrogens with zero attached hydrogens (tertiary/aromatic N) is 2. The van der Waals surface area contributed by atoms with Crippen molar-refractivity contribution in [2.45, 2.75) is 109 Å². The van der Waals surface area contributed by atoms with E-state index in [1.54, 1.807) is 6.20 Å². The van der Waals surface area contributed by atoms with Crippen LogP contribution in [0.25, 0.3) is 10.8 Å². The number of nitrogens with one attached hydrogen (secondary N) is 2. The number of hydrogen-bond donors (Lipinski definition) is 2. The highest BCUT2D eigenvalue weighted by Gasteiger charge is 2.62. The maximum atomic E-state index is 14.6. The number of pyridine rings is 1. The fraction of sp³-hybridized carbons (Fsp3) is 0.605. The van der Waals surface area contributed by atoms with Crippen molar-refractivity contribution in [1.82, 2.24) is 19.9 Å². The van der Waals surface area contributed by atoms with Crippen LogP contribution < -0.4 is 14.8 Å². The molecule has 0 radical (unpaired) electrons. The molecule has 3 heterocycles. The third kappa shape index (κ3) is 7.93. The van der Waals surface area contributed by atoms with E-state index in [-0.39, 0.29) is 37.8 Å². The Hall–Kier alpha value is -4.00. The smallest absolute Gasteiger partial charge is 0.306 e. The number of carbonyl (C=O) groups is 4. The van der Waals surface area contributed by atoms with Gasteiger partial charge in [-0.05, 0) is 72.4 Å². The zero-order valence-corrected chi connectivity index (χ0v) is 31.0. The van der Waals surface area contributed by atoms with Gasteiger partial charge in [-0.1, -0.05) is 52.8 Å². The third-order valence-electron chi connectivity index (χ3n) is 10.8. The van der Waals surface area contributed by atoms with Crippen LogP contribution in [-0.4, -0.2) is 78.1 Å². The number of aromatic nitrogens is 1. The first-order valence-electron chi connectivity index (χ1n) is 17.9. The first-order valence-corrected chi connectivity index (χ1v) is 19.5. The molecule has 13 heteroatoms. The SMILES string of the molecule is C=C[C@@H]1C[C@]1(NC(=O)C1C[C@@H]2CN1C(=O)[C@H](C(C)(C)C)CC(=O)OCC(C)(C)CCCc1ccc3ccnc(c3c1)O2)C(=O)NS(=O)(=O)C1CC1. The average Bonchev–Trinajstić information content (AvgIpc) is 3.98. The molecule has 2 aliphatic heterocycles. The average molecular weight is 723 g/mol. The summed E-state index contributed by atoms with van der Waals surface area (Å²) in [5.41, 5.74) is -1.37. The molecule has 51 heavy (non-hydrogen) atoms. The van der Waals surface area contributed by atoms with Crippen molar-refractivity contribution in [3.63, 3.8) is 0 Å². The summed E-state index contributed by atoms with van der Waals surface area (Å²) in [4.78, 5) is 61.6. The van der Waals surface area contributed by atoms with Crippen LogP contribution >= 0.6 is 0 Å². The van der Waals surface area contributed by atoms with Crippen molar-refractivity contribution in [2.75, 3.05) is 13.2 Å². The Kier molecular flexibility index (Phi) is 9.75. The number of fused-ring (bicyclic) bond motifs is 3. The minimum atomic E-state index is -3.88. The lowest BCUT2D eigenvalue weighted by molar-refractivity contribution is -0.155. The molecule has 5 atom stereocenters. The predicted molar refractivity (Wildman–Crippen MR) is 191 cm³/mol. The van der Waals surface area contributed by atoms with Gasteiger partial charge in [0.05, 0.1) is 30.7 Å². The fourth-order valence-corrected chi connectivity index (χ4v) is 8.66. The van der Waals surface area contributed by atoms with Crippen LogP contribution in [-0.2, 0) is 40.4 Å². The van der Waals surface area contributed by atoms with Crippen molar-refractivity contribution in [1.29, 1.82) is 0 Å². The van der Waals surface area contributed by atoms with E-state index >= 15 is 0 Å². The first-order chi connectivity index (χ1) is 23.9. The van der Waals surface area contributed by atoms with Gasteiger partial charge in [0.2, 0.25) is 27.7 Å². The number of ether oxygens (including phenoxy) is 2. The quantitative estimate of drug-likeness (QED) is 0.329. The summed E-state index contributed by atoms with van der Waals surface area (Å²) in [6, 6.07) is 7.00. The molecule has 3 amide bonds. The molecular formula is C38H50N4O8S. The minimum absolute atomic E-state index is 0.0312. The Morgan fingerprint density at radius 3 is 2.55 bits per heavy atom. The molecule has 2 aliphatic carbocycles. The lowest BCUT2D eigenvalue weighted by Gasteiger charge is -2.35. The number of esters is 1. The molecular weight excluding hydrogens is 673 g/mol. The zero-order chi connectivity index (χ0) is 36.9. The van der Waals surface area contributed by atoms with E-state index in [4.69, 9.17) is 9.47 Å². The van der Waals surface area contributed by atoms with Gasteiger partial charge in [0, 0.05) is 23.9 Å². The molecule has 4 aliphatic rings. The Morgan fingerprint density at radius 1 is 1.14 bits per heavy atom. The molecule has 2 N–H and O–H groups in total. The van der Waals surface area contributed by atoms with Crippen LogP contribution in [0.3, 0.4) is 0 Å². The molecule has 2 saturated carbocycles. The summed E-state index contributed by atoms with van der Waals surface area (Å²) in [7, 11) is -3.88. The number of hydrogen-bond acceptors (Lipinski definition) is 9. The molecule has 6 rings (SSSR count). The van der Waals surface area contributed by atoms with Crippen molar-refractivity contribution >= 4 is 44.5 Å². The predicted octanol–water partition coefficient (Wildman–Crippen LogP) is 4.21. The maximum Gasteiger partial charge on any atom is 0.306 e. The minimum Gasteiger partial charge on any atom is -0.472 e. The van der Waals surface area contributed by atoms with Gasteiger partial charge in [0.25, 0.3) is 5.91 Å². The number of rotatable bonds is 6. The van der Waals surface area contributed by atoms with E-state index in [1.165, 1.54) is 11.0 Å². The summed E-state index contributed by atoms with van der Waals surface area (Å²) in [5, 5.41) is 3.96. The Morgan fingerprint density at radius 2 is 1.88 bits per heavy atom. The van der Waals surface area contributed by atoms with Crippen molar-refractivity contribution < 1.29 is 37.1 Å². The van der Waals surface area contributed by atoms with E-state index < -0.39 is 73.9 Å². The summed E-state index contributed by atoms with van der Waals surface area (Å²) >= 11 is 0. The van der Waals surface area contributed by atoms with Crippen molar-refractivity contribution in [3.8, 4) is 5.88 Å². The van der Waals surface area contributed by atoms with Gasteiger partial charge in [-0.15, -0.1) is 6.58 Å². The molecule has 1 aromatic heterocycles. The highest BCUT2D eigenvalue weighted by atomic mass is 32.2. The summed E-state index contributed by atoms with van der Waals surface area (Å²) in [6.45, 7) is 13.7. The molecule has 12 nitrogen and oxygen atoms in total. The Balaban J connectivity index is 1.34. The molecule has 276 valence electrons. The number of amides is 3. The van der Waals surface area contributed by atoms with Crippen LogP contribution in [0.2, 0.25) is 0 Å². The van der Waals surface area contributed by atoms with E-state index in [9.17, 15) is 27.6 Å². The monoisotopic (exact) mass is 722 g/mol. The number of carbonyl (C=O) groups excluding carboxylic acids is 4. The standard InChI is InChI=1S/C38H50N4O8S/c1-7-25-20-38(25,35(46)41-51(47,48)27-12-13-27)40-32(44)30-18-26-21-42(30)34(45)29(36(2,3)4)19-31(43)49-22-37(5,6)15-8-9-23-10-11-24-14-16-39-33(50-26)28(24)17-23/h7,10-11,14,16-17,25-27,29-30H,1,8-9,12-13,15,18-22H2,2-6H3,(H,40,44)(H,41,46)/t25-,26-,29-,30?,38-/m1/s1. The molecule has 1 unspecified atom stereocenters. The highest BCUT2D eigenvalue weighted by Crippen LogP contribution is 2.46. The van der Waals surface area contributed by atoms with Crippen LogP contribution in [0, 0.1) is 22.7 Å². The maximum absolute atomic E-state index is 14.6. The van der Waals surface area contributed by atoms with Gasteiger partial charge >= 0.3 is 5.97 Å². The van der Waals surface area contributed by atoms with E-state index in [0.29, 0.717) is 18.7 Å². The van der Waals surface area contributed by atoms with Crippen LogP contribution in [0.4, 0.5) is 0 Å². The molecule has 2 aromatic rings. The highest BCUT2D eigenvalue weighted by molar-refractivity contribution is 7.91. The second-order valence-electron chi connectivity index (χ2n) is 16.6. The number of cyclic esters (lactones) is 1. The van der Waals surface area contributed by atoms with Gasteiger partial charge in [-0.3, -0.25) is 23.9 Å². The van der Waals surface area contributed by atoms with Gasteiger partial charge < -0.3 is 19.7 Å². The van der Waals surface area contributed by atoms with Crippen LogP contribution in [0.1, 0.15) is 85.1 Å². The Bertz CT molecular complexity index is 1850. The van der Waals surface area contributed by atoms with E-state index in [1.807, 2.05) is 32.9 Å². The van der Waals surface area contributed by atoms with Gasteiger partial charge in [-0.25, -0.2) is 13.4 Å². The van der Waals surface area contributed by atoms with E-state index in [0.717, 1.165) is 35.6 Å². The second kappa shape index (κ2) is 13.5. The molecule has 1 aromatic carbocycles. The molecule has 3 fully saturated rings.